The fourth-order valence-electron chi connectivity index (χ4n) is 2.58. The van der Waals surface area contributed by atoms with E-state index in [-0.39, 0.29) is 18.2 Å². The number of hydrogen-bond donors (Lipinski definition) is 1. The van der Waals surface area contributed by atoms with Crippen molar-refractivity contribution in [1.29, 1.82) is 0 Å². The van der Waals surface area contributed by atoms with E-state index in [9.17, 15) is 0 Å². The van der Waals surface area contributed by atoms with E-state index < -0.39 is 0 Å². The molecule has 1 aromatic heterocycles. The van der Waals surface area contributed by atoms with Crippen LogP contribution in [0, 0.1) is 0 Å². The van der Waals surface area contributed by atoms with Gasteiger partial charge in [0.25, 0.3) is 0 Å². The Hall–Kier alpha value is -1.01. The molecule has 2 rings (SSSR count). The number of tetrazole rings is 1. The normalized spacial score (nSPS) is 26.3. The SMILES string of the molecule is CCNC(C)c1nnnn1C1CCCC1OC. The van der Waals surface area contributed by atoms with Gasteiger partial charge in [-0.15, -0.1) is 5.10 Å². The summed E-state index contributed by atoms with van der Waals surface area (Å²) in [6.07, 6.45) is 3.61. The molecule has 1 aromatic rings. The van der Waals surface area contributed by atoms with Crippen LogP contribution in [0.1, 0.15) is 51.0 Å². The van der Waals surface area contributed by atoms with Crippen molar-refractivity contribution in [1.82, 2.24) is 25.5 Å². The second kappa shape index (κ2) is 5.55. The lowest BCUT2D eigenvalue weighted by molar-refractivity contribution is 0.0685. The van der Waals surface area contributed by atoms with E-state index in [1.807, 2.05) is 4.68 Å². The third-order valence-corrected chi connectivity index (χ3v) is 3.45. The maximum atomic E-state index is 5.51. The summed E-state index contributed by atoms with van der Waals surface area (Å²) in [6.45, 7) is 5.08. The summed E-state index contributed by atoms with van der Waals surface area (Å²) >= 11 is 0. The van der Waals surface area contributed by atoms with Crippen LogP contribution in [-0.2, 0) is 4.74 Å². The largest absolute Gasteiger partial charge is 0.379 e. The van der Waals surface area contributed by atoms with Gasteiger partial charge in [0.1, 0.15) is 0 Å². The van der Waals surface area contributed by atoms with E-state index in [1.165, 1.54) is 6.42 Å². The first kappa shape index (κ1) is 12.4. The molecule has 1 fully saturated rings. The molecule has 0 saturated heterocycles. The Morgan fingerprint density at radius 3 is 3.06 bits per heavy atom. The monoisotopic (exact) mass is 239 g/mol. The van der Waals surface area contributed by atoms with Crippen molar-refractivity contribution >= 4 is 0 Å². The minimum absolute atomic E-state index is 0.174. The molecule has 1 heterocycles. The number of nitrogens with zero attached hydrogens (tertiary/aromatic N) is 4. The van der Waals surface area contributed by atoms with Gasteiger partial charge in [-0.1, -0.05) is 6.92 Å². The Bertz CT molecular complexity index is 353. The van der Waals surface area contributed by atoms with Crippen LogP contribution in [0.5, 0.6) is 0 Å². The lowest BCUT2D eigenvalue weighted by atomic mass is 10.2. The summed E-state index contributed by atoms with van der Waals surface area (Å²) in [5, 5.41) is 15.4. The van der Waals surface area contributed by atoms with Crippen molar-refractivity contribution < 1.29 is 4.74 Å². The molecule has 0 bridgehead atoms. The van der Waals surface area contributed by atoms with Crippen molar-refractivity contribution in [3.05, 3.63) is 5.82 Å². The summed E-state index contributed by atoms with van der Waals surface area (Å²) in [4.78, 5) is 0. The van der Waals surface area contributed by atoms with E-state index in [0.717, 1.165) is 25.2 Å². The molecule has 6 heteroatoms. The van der Waals surface area contributed by atoms with Crippen LogP contribution < -0.4 is 5.32 Å². The lowest BCUT2D eigenvalue weighted by Gasteiger charge is -2.21. The van der Waals surface area contributed by atoms with Gasteiger partial charge in [-0.05, 0) is 43.2 Å². The number of hydrogen-bond acceptors (Lipinski definition) is 5. The van der Waals surface area contributed by atoms with Gasteiger partial charge >= 0.3 is 0 Å². The van der Waals surface area contributed by atoms with E-state index in [2.05, 4.69) is 34.7 Å². The Morgan fingerprint density at radius 2 is 2.35 bits per heavy atom. The van der Waals surface area contributed by atoms with Gasteiger partial charge < -0.3 is 10.1 Å². The zero-order valence-corrected chi connectivity index (χ0v) is 10.8. The average Bonchev–Trinajstić information content (AvgIpc) is 2.97. The van der Waals surface area contributed by atoms with E-state index >= 15 is 0 Å². The molecule has 3 atom stereocenters. The van der Waals surface area contributed by atoms with Crippen molar-refractivity contribution in [2.45, 2.75) is 51.3 Å². The maximum absolute atomic E-state index is 5.51. The number of rotatable bonds is 5. The maximum Gasteiger partial charge on any atom is 0.168 e. The molecular weight excluding hydrogens is 218 g/mol. The average molecular weight is 239 g/mol. The quantitative estimate of drug-likeness (QED) is 0.833. The van der Waals surface area contributed by atoms with Crippen LogP contribution in [0.2, 0.25) is 0 Å². The third-order valence-electron chi connectivity index (χ3n) is 3.45. The molecular formula is C11H21N5O. The molecule has 0 aromatic carbocycles. The molecule has 96 valence electrons. The first-order valence-corrected chi connectivity index (χ1v) is 6.31. The molecule has 17 heavy (non-hydrogen) atoms. The number of nitrogens with one attached hydrogen (secondary N) is 1. The van der Waals surface area contributed by atoms with Gasteiger partial charge in [0.05, 0.1) is 18.2 Å². The first-order chi connectivity index (χ1) is 8.27. The molecule has 0 amide bonds. The van der Waals surface area contributed by atoms with Gasteiger partial charge in [0.2, 0.25) is 0 Å². The molecule has 3 unspecified atom stereocenters. The number of aromatic nitrogens is 4. The predicted octanol–water partition coefficient (Wildman–Crippen LogP) is 1.08. The third kappa shape index (κ3) is 2.47. The molecule has 1 aliphatic carbocycles. The van der Waals surface area contributed by atoms with Crippen molar-refractivity contribution in [3.8, 4) is 0 Å². The van der Waals surface area contributed by atoms with E-state index in [0.29, 0.717) is 0 Å². The molecule has 0 spiro atoms. The Kier molecular flexibility index (Phi) is 4.06. The van der Waals surface area contributed by atoms with Gasteiger partial charge in [0.15, 0.2) is 5.82 Å². The highest BCUT2D eigenvalue weighted by Gasteiger charge is 2.32. The lowest BCUT2D eigenvalue weighted by Crippen LogP contribution is -2.27. The fraction of sp³-hybridized carbons (Fsp3) is 0.909. The molecule has 1 aliphatic rings. The summed E-state index contributed by atoms with van der Waals surface area (Å²) in [5.74, 6) is 0.904. The second-order valence-electron chi connectivity index (χ2n) is 4.53. The van der Waals surface area contributed by atoms with Crippen molar-refractivity contribution in [2.75, 3.05) is 13.7 Å². The smallest absolute Gasteiger partial charge is 0.168 e. The fourth-order valence-corrected chi connectivity index (χ4v) is 2.58. The Labute approximate surface area is 102 Å². The van der Waals surface area contributed by atoms with Crippen LogP contribution in [0.3, 0.4) is 0 Å². The summed E-state index contributed by atoms with van der Waals surface area (Å²) < 4.78 is 7.44. The zero-order chi connectivity index (χ0) is 12.3. The first-order valence-electron chi connectivity index (χ1n) is 6.31. The highest BCUT2D eigenvalue weighted by Crippen LogP contribution is 2.32. The summed E-state index contributed by atoms with van der Waals surface area (Å²) in [7, 11) is 1.76. The van der Waals surface area contributed by atoms with Gasteiger partial charge in [-0.25, -0.2) is 4.68 Å². The summed E-state index contributed by atoms with van der Waals surface area (Å²) in [5.41, 5.74) is 0. The molecule has 1 saturated carbocycles. The van der Waals surface area contributed by atoms with Crippen LogP contribution in [0.15, 0.2) is 0 Å². The van der Waals surface area contributed by atoms with Crippen LogP contribution in [0.25, 0.3) is 0 Å². The molecule has 6 nitrogen and oxygen atoms in total. The molecule has 0 aliphatic heterocycles. The zero-order valence-electron chi connectivity index (χ0n) is 10.8. The molecule has 0 radical (unpaired) electrons. The van der Waals surface area contributed by atoms with Crippen LogP contribution in [-0.4, -0.2) is 40.0 Å². The number of ether oxygens (including phenoxy) is 1. The second-order valence-corrected chi connectivity index (χ2v) is 4.53. The van der Waals surface area contributed by atoms with Crippen molar-refractivity contribution in [3.63, 3.8) is 0 Å². The van der Waals surface area contributed by atoms with Gasteiger partial charge in [-0.3, -0.25) is 0 Å². The minimum atomic E-state index is 0.174. The Morgan fingerprint density at radius 1 is 1.53 bits per heavy atom. The van der Waals surface area contributed by atoms with Gasteiger partial charge in [-0.2, -0.15) is 0 Å². The van der Waals surface area contributed by atoms with Crippen LogP contribution in [0.4, 0.5) is 0 Å². The topological polar surface area (TPSA) is 64.9 Å². The van der Waals surface area contributed by atoms with Crippen molar-refractivity contribution in [2.24, 2.45) is 0 Å². The van der Waals surface area contributed by atoms with Gasteiger partial charge in [0, 0.05) is 7.11 Å². The Balaban J connectivity index is 2.18. The minimum Gasteiger partial charge on any atom is -0.379 e. The highest BCUT2D eigenvalue weighted by atomic mass is 16.5. The summed E-state index contributed by atoms with van der Waals surface area (Å²) in [6, 6.07) is 0.458. The standard InChI is InChI=1S/C11H21N5O/c1-4-12-8(2)11-13-14-15-16(11)9-6-5-7-10(9)17-3/h8-10,12H,4-7H2,1-3H3. The van der Waals surface area contributed by atoms with E-state index in [1.54, 1.807) is 7.11 Å². The van der Waals surface area contributed by atoms with Crippen LogP contribution >= 0.6 is 0 Å². The number of methoxy groups -OCH3 is 1. The van der Waals surface area contributed by atoms with E-state index in [4.69, 9.17) is 4.74 Å². The molecule has 1 N–H and O–H groups in total. The highest BCUT2D eigenvalue weighted by molar-refractivity contribution is 4.95. The predicted molar refractivity (Wildman–Crippen MR) is 63.6 cm³/mol.